The van der Waals surface area contributed by atoms with Gasteiger partial charge in [-0.15, -0.1) is 5.10 Å². The average molecular weight is 271 g/mol. The normalized spacial score (nSPS) is 12.7. The van der Waals surface area contributed by atoms with Gasteiger partial charge in [0.25, 0.3) is 0 Å². The number of hydrogen-bond acceptors (Lipinski definition) is 3. The van der Waals surface area contributed by atoms with Gasteiger partial charge in [-0.25, -0.2) is 4.68 Å². The summed E-state index contributed by atoms with van der Waals surface area (Å²) >= 11 is 0. The van der Waals surface area contributed by atoms with Crippen LogP contribution in [-0.4, -0.2) is 27.5 Å². The molecular formula is C9H10F5N3O. The molecule has 18 heavy (non-hydrogen) atoms. The van der Waals surface area contributed by atoms with Crippen molar-refractivity contribution in [3.8, 4) is 0 Å². The highest BCUT2D eigenvalue weighted by molar-refractivity contribution is 5.48. The van der Waals surface area contributed by atoms with E-state index in [1.165, 1.54) is 0 Å². The molecule has 0 saturated carbocycles. The van der Waals surface area contributed by atoms with Crippen LogP contribution in [-0.2, 0) is 17.3 Å². The van der Waals surface area contributed by atoms with E-state index in [9.17, 15) is 26.7 Å². The topological polar surface area (TPSA) is 47.8 Å². The molecule has 0 spiro atoms. The summed E-state index contributed by atoms with van der Waals surface area (Å²) in [6.45, 7) is -0.144. The molecule has 0 aliphatic rings. The van der Waals surface area contributed by atoms with Crippen LogP contribution in [0.5, 0.6) is 0 Å². The Hall–Kier alpha value is -1.54. The van der Waals surface area contributed by atoms with E-state index >= 15 is 0 Å². The van der Waals surface area contributed by atoms with Crippen molar-refractivity contribution in [3.05, 3.63) is 11.9 Å². The van der Waals surface area contributed by atoms with Gasteiger partial charge >= 0.3 is 12.1 Å². The molecule has 0 amide bonds. The van der Waals surface area contributed by atoms with Crippen LogP contribution in [0.1, 0.15) is 25.0 Å². The predicted molar refractivity (Wildman–Crippen MR) is 49.9 cm³/mol. The van der Waals surface area contributed by atoms with Gasteiger partial charge in [0.1, 0.15) is 12.0 Å². The first kappa shape index (κ1) is 14.5. The lowest BCUT2D eigenvalue weighted by molar-refractivity contribution is -0.292. The molecule has 102 valence electrons. The molecule has 0 aliphatic carbocycles. The summed E-state index contributed by atoms with van der Waals surface area (Å²) in [7, 11) is 0. The van der Waals surface area contributed by atoms with E-state index in [1.807, 2.05) is 0 Å². The number of carbonyl (C=O) groups is 1. The third-order valence-corrected chi connectivity index (χ3v) is 2.24. The fourth-order valence-electron chi connectivity index (χ4n) is 1.30. The molecular weight excluding hydrogens is 261 g/mol. The van der Waals surface area contributed by atoms with Crippen LogP contribution in [0.25, 0.3) is 0 Å². The van der Waals surface area contributed by atoms with Crippen LogP contribution in [0.15, 0.2) is 6.20 Å². The van der Waals surface area contributed by atoms with Crippen molar-refractivity contribution < 1.29 is 26.7 Å². The summed E-state index contributed by atoms with van der Waals surface area (Å²) < 4.78 is 63.1. The zero-order valence-corrected chi connectivity index (χ0v) is 9.12. The Morgan fingerprint density at radius 2 is 1.89 bits per heavy atom. The van der Waals surface area contributed by atoms with Crippen LogP contribution >= 0.6 is 0 Å². The minimum Gasteiger partial charge on any atom is -0.303 e. The van der Waals surface area contributed by atoms with Gasteiger partial charge in [0, 0.05) is 13.0 Å². The van der Waals surface area contributed by atoms with Gasteiger partial charge in [-0.2, -0.15) is 22.0 Å². The highest BCUT2D eigenvalue weighted by Gasteiger charge is 2.60. The summed E-state index contributed by atoms with van der Waals surface area (Å²) in [6.07, 6.45) is -3.77. The first-order valence-electron chi connectivity index (χ1n) is 5.08. The predicted octanol–water partition coefficient (Wildman–Crippen LogP) is 2.30. The monoisotopic (exact) mass is 271 g/mol. The molecule has 0 fully saturated rings. The summed E-state index contributed by atoms with van der Waals surface area (Å²) in [5.74, 6) is -4.98. The van der Waals surface area contributed by atoms with E-state index in [0.717, 1.165) is 0 Å². The van der Waals surface area contributed by atoms with Gasteiger partial charge in [-0.05, 0) is 12.8 Å². The maximum absolute atomic E-state index is 13.1. The minimum absolute atomic E-state index is 0.144. The molecule has 0 atom stereocenters. The molecule has 1 heterocycles. The Morgan fingerprint density at radius 1 is 1.22 bits per heavy atom. The van der Waals surface area contributed by atoms with E-state index < -0.39 is 17.8 Å². The smallest absolute Gasteiger partial charge is 0.303 e. The van der Waals surface area contributed by atoms with Gasteiger partial charge in [-0.1, -0.05) is 5.21 Å². The molecule has 9 heteroatoms. The second-order valence-electron chi connectivity index (χ2n) is 3.58. The maximum Gasteiger partial charge on any atom is 0.459 e. The highest BCUT2D eigenvalue weighted by Crippen LogP contribution is 2.43. The molecule has 0 unspecified atom stereocenters. The number of nitrogens with zero attached hydrogens (tertiary/aromatic N) is 3. The van der Waals surface area contributed by atoms with E-state index in [1.54, 1.807) is 0 Å². The van der Waals surface area contributed by atoms with Crippen LogP contribution in [0.3, 0.4) is 0 Å². The van der Waals surface area contributed by atoms with Crippen molar-refractivity contribution in [2.24, 2.45) is 0 Å². The number of unbranched alkanes of at least 4 members (excludes halogenated alkanes) is 2. The summed E-state index contributed by atoms with van der Waals surface area (Å²) in [4.78, 5) is 10.0. The largest absolute Gasteiger partial charge is 0.459 e. The van der Waals surface area contributed by atoms with Gasteiger partial charge in [-0.3, -0.25) is 0 Å². The van der Waals surface area contributed by atoms with Crippen molar-refractivity contribution in [2.45, 2.75) is 37.9 Å². The molecule has 1 aromatic rings. The van der Waals surface area contributed by atoms with Gasteiger partial charge in [0.2, 0.25) is 0 Å². The quantitative estimate of drug-likeness (QED) is 0.453. The van der Waals surface area contributed by atoms with Gasteiger partial charge in [0.15, 0.2) is 0 Å². The molecule has 0 aliphatic heterocycles. The van der Waals surface area contributed by atoms with Crippen LogP contribution in [0, 0.1) is 0 Å². The SMILES string of the molecule is O=CCCCCn1nncc1C(F)(F)C(F)(F)F. The second kappa shape index (κ2) is 5.40. The van der Waals surface area contributed by atoms with Crippen molar-refractivity contribution in [1.29, 1.82) is 0 Å². The van der Waals surface area contributed by atoms with Gasteiger partial charge in [0.05, 0.1) is 6.20 Å². The second-order valence-corrected chi connectivity index (χ2v) is 3.58. The lowest BCUT2D eigenvalue weighted by Gasteiger charge is -2.19. The van der Waals surface area contributed by atoms with E-state index in [2.05, 4.69) is 10.3 Å². The number of aldehydes is 1. The van der Waals surface area contributed by atoms with Crippen LogP contribution in [0.2, 0.25) is 0 Å². The van der Waals surface area contributed by atoms with Gasteiger partial charge < -0.3 is 4.79 Å². The van der Waals surface area contributed by atoms with E-state index in [4.69, 9.17) is 0 Å². The van der Waals surface area contributed by atoms with E-state index in [0.29, 0.717) is 23.6 Å². The fourth-order valence-corrected chi connectivity index (χ4v) is 1.30. The zero-order valence-electron chi connectivity index (χ0n) is 9.12. The number of aromatic nitrogens is 3. The lowest BCUT2D eigenvalue weighted by atomic mass is 10.2. The average Bonchev–Trinajstić information content (AvgIpc) is 2.71. The van der Waals surface area contributed by atoms with Crippen molar-refractivity contribution >= 4 is 6.29 Å². The van der Waals surface area contributed by atoms with Crippen molar-refractivity contribution in [1.82, 2.24) is 15.0 Å². The standard InChI is InChI=1S/C9H10F5N3O/c10-8(11,9(12,13)14)7-6-15-16-17(7)4-2-1-3-5-18/h5-6H,1-4H2. The van der Waals surface area contributed by atoms with Crippen LogP contribution < -0.4 is 0 Å². The van der Waals surface area contributed by atoms with Crippen molar-refractivity contribution in [2.75, 3.05) is 0 Å². The summed E-state index contributed by atoms with van der Waals surface area (Å²) in [5.41, 5.74) is -1.29. The maximum atomic E-state index is 13.1. The molecule has 4 nitrogen and oxygen atoms in total. The number of hydrogen-bond donors (Lipinski definition) is 0. The zero-order chi connectivity index (χ0) is 13.8. The first-order chi connectivity index (χ1) is 8.30. The van der Waals surface area contributed by atoms with Crippen LogP contribution in [0.4, 0.5) is 22.0 Å². The Morgan fingerprint density at radius 3 is 2.44 bits per heavy atom. The number of aryl methyl sites for hydroxylation is 1. The Balaban J connectivity index is 2.79. The minimum atomic E-state index is -5.69. The summed E-state index contributed by atoms with van der Waals surface area (Å²) in [6, 6.07) is 0. The number of carbonyl (C=O) groups excluding carboxylic acids is 1. The lowest BCUT2D eigenvalue weighted by Crippen LogP contribution is -2.36. The molecule has 0 bridgehead atoms. The molecule has 0 radical (unpaired) electrons. The molecule has 1 rings (SSSR count). The third-order valence-electron chi connectivity index (χ3n) is 2.24. The Bertz CT molecular complexity index is 401. The highest BCUT2D eigenvalue weighted by atomic mass is 19.4. The Kier molecular flexibility index (Phi) is 4.36. The van der Waals surface area contributed by atoms with Crippen molar-refractivity contribution in [3.63, 3.8) is 0 Å². The fraction of sp³-hybridized carbons (Fsp3) is 0.667. The third kappa shape index (κ3) is 3.02. The Labute approximate surface area is 98.8 Å². The molecule has 0 aromatic carbocycles. The molecule has 1 aromatic heterocycles. The molecule has 0 N–H and O–H groups in total. The van der Waals surface area contributed by atoms with E-state index in [-0.39, 0.29) is 19.4 Å². The summed E-state index contributed by atoms with van der Waals surface area (Å²) in [5, 5.41) is 6.26. The first-order valence-corrected chi connectivity index (χ1v) is 5.08. The number of rotatable bonds is 6. The molecule has 0 saturated heterocycles. The number of halogens is 5. The number of alkyl halides is 5.